The molecule has 8 heteroatoms. The second-order valence-electron chi connectivity index (χ2n) is 7.33. The Bertz CT molecular complexity index is 1290. The zero-order valence-electron chi connectivity index (χ0n) is 17.8. The Labute approximate surface area is 183 Å². The van der Waals surface area contributed by atoms with Crippen LogP contribution < -0.4 is 5.56 Å². The lowest BCUT2D eigenvalue weighted by Crippen LogP contribution is -2.32. The number of cyclic esters (lactones) is 1. The highest BCUT2D eigenvalue weighted by molar-refractivity contribution is 7.97. The maximum absolute atomic E-state index is 14.2. The molecule has 6 nitrogen and oxygen atoms in total. The molecular formula is C23H23FN2O4S. The summed E-state index contributed by atoms with van der Waals surface area (Å²) in [5, 5.41) is 11.1. The topological polar surface area (TPSA) is 81.4 Å². The minimum atomic E-state index is -1.49. The van der Waals surface area contributed by atoms with E-state index < -0.39 is 12.1 Å². The first-order valence-electron chi connectivity index (χ1n) is 10.1. The van der Waals surface area contributed by atoms with E-state index in [0.717, 1.165) is 16.5 Å². The molecule has 0 aliphatic carbocycles. The number of pyridine rings is 2. The molecule has 31 heavy (non-hydrogen) atoms. The Morgan fingerprint density at radius 1 is 1.26 bits per heavy atom. The van der Waals surface area contributed by atoms with Gasteiger partial charge < -0.3 is 14.4 Å². The summed E-state index contributed by atoms with van der Waals surface area (Å²) < 4.78 is 20.7. The van der Waals surface area contributed by atoms with Gasteiger partial charge in [-0.05, 0) is 36.4 Å². The Morgan fingerprint density at radius 2 is 2.00 bits per heavy atom. The fourth-order valence-corrected chi connectivity index (χ4v) is 4.77. The number of ether oxygens (including phenoxy) is 1. The Kier molecular flexibility index (Phi) is 5.61. The largest absolute Gasteiger partial charge is 0.458 e. The lowest BCUT2D eigenvalue weighted by molar-refractivity contribution is -0.157. The zero-order chi connectivity index (χ0) is 22.4. The van der Waals surface area contributed by atoms with E-state index in [-0.39, 0.29) is 29.1 Å². The van der Waals surface area contributed by atoms with Crippen molar-refractivity contribution in [1.29, 1.82) is 0 Å². The molecule has 1 aromatic carbocycles. The number of benzene rings is 1. The van der Waals surface area contributed by atoms with E-state index in [9.17, 15) is 19.1 Å². The van der Waals surface area contributed by atoms with E-state index in [1.165, 1.54) is 6.07 Å². The highest BCUT2D eigenvalue weighted by atomic mass is 32.2. The predicted molar refractivity (Wildman–Crippen MR) is 119 cm³/mol. The van der Waals surface area contributed by atoms with E-state index >= 15 is 0 Å². The van der Waals surface area contributed by atoms with Crippen LogP contribution in [0, 0.1) is 12.7 Å². The van der Waals surface area contributed by atoms with Crippen LogP contribution in [0.15, 0.2) is 23.0 Å². The van der Waals surface area contributed by atoms with Crippen molar-refractivity contribution in [1.82, 2.24) is 9.55 Å². The van der Waals surface area contributed by atoms with Crippen LogP contribution in [0.3, 0.4) is 0 Å². The van der Waals surface area contributed by atoms with Crippen molar-refractivity contribution in [2.24, 2.45) is 0 Å². The number of aromatic nitrogens is 2. The Morgan fingerprint density at radius 3 is 2.71 bits per heavy atom. The van der Waals surface area contributed by atoms with E-state index in [4.69, 9.17) is 4.74 Å². The van der Waals surface area contributed by atoms with Gasteiger partial charge in [-0.1, -0.05) is 13.8 Å². The summed E-state index contributed by atoms with van der Waals surface area (Å²) in [6.45, 7) is 5.91. The number of carbonyl (C=O) groups excluding carboxylic acids is 1. The molecule has 2 aliphatic rings. The lowest BCUT2D eigenvalue weighted by atomic mass is 9.98. The third-order valence-corrected chi connectivity index (χ3v) is 6.22. The number of hydrogen-bond acceptors (Lipinski definition) is 6. The van der Waals surface area contributed by atoms with Crippen molar-refractivity contribution in [3.05, 3.63) is 62.2 Å². The molecular weight excluding hydrogens is 419 g/mol. The SMILES string of the molecule is CC.CSCc1c2c(nc3cc(F)c(C)cc13)-c1cc3c(c(=O)n1C2)COC(=O)C3O. The molecule has 0 amide bonds. The van der Waals surface area contributed by atoms with Crippen LogP contribution in [0.25, 0.3) is 22.3 Å². The number of carbonyl (C=O) groups is 1. The van der Waals surface area contributed by atoms with Gasteiger partial charge in [0.05, 0.1) is 29.0 Å². The van der Waals surface area contributed by atoms with Crippen molar-refractivity contribution in [3.63, 3.8) is 0 Å². The van der Waals surface area contributed by atoms with Gasteiger partial charge in [-0.15, -0.1) is 0 Å². The maximum atomic E-state index is 14.2. The Balaban J connectivity index is 0.00000112. The molecule has 2 aliphatic heterocycles. The number of aliphatic hydroxyl groups excluding tert-OH is 1. The van der Waals surface area contributed by atoms with Crippen LogP contribution in [0.5, 0.6) is 0 Å². The summed E-state index contributed by atoms with van der Waals surface area (Å²) in [7, 11) is 0. The van der Waals surface area contributed by atoms with Gasteiger partial charge in [-0.25, -0.2) is 14.2 Å². The minimum Gasteiger partial charge on any atom is -0.458 e. The normalized spacial score (nSPS) is 16.2. The van der Waals surface area contributed by atoms with Gasteiger partial charge in [-0.3, -0.25) is 4.79 Å². The van der Waals surface area contributed by atoms with Crippen LogP contribution in [0.4, 0.5) is 4.39 Å². The third-order valence-electron chi connectivity index (χ3n) is 5.64. The molecule has 3 aromatic rings. The van der Waals surface area contributed by atoms with Gasteiger partial charge in [0.25, 0.3) is 5.56 Å². The molecule has 1 N–H and O–H groups in total. The number of esters is 1. The van der Waals surface area contributed by atoms with Gasteiger partial charge in [0.15, 0.2) is 6.10 Å². The van der Waals surface area contributed by atoms with Crippen molar-refractivity contribution >= 4 is 28.6 Å². The van der Waals surface area contributed by atoms with Crippen LogP contribution in [0.2, 0.25) is 0 Å². The predicted octanol–water partition coefficient (Wildman–Crippen LogP) is 3.85. The third kappa shape index (κ3) is 3.25. The highest BCUT2D eigenvalue weighted by Gasteiger charge is 2.34. The van der Waals surface area contributed by atoms with E-state index in [0.29, 0.717) is 34.8 Å². The van der Waals surface area contributed by atoms with Crippen LogP contribution in [-0.2, 0) is 28.4 Å². The van der Waals surface area contributed by atoms with Gasteiger partial charge in [-0.2, -0.15) is 11.8 Å². The summed E-state index contributed by atoms with van der Waals surface area (Å²) in [6, 6.07) is 4.86. The fraction of sp³-hybridized carbons (Fsp3) is 0.348. The fourth-order valence-electron chi connectivity index (χ4n) is 4.15. The lowest BCUT2D eigenvalue weighted by Gasteiger charge is -2.21. The van der Waals surface area contributed by atoms with E-state index in [1.807, 2.05) is 20.1 Å². The first kappa shape index (κ1) is 21.5. The number of halogens is 1. The average Bonchev–Trinajstić information content (AvgIpc) is 3.13. The van der Waals surface area contributed by atoms with Crippen LogP contribution in [-0.4, -0.2) is 26.9 Å². The highest BCUT2D eigenvalue weighted by Crippen LogP contribution is 2.39. The van der Waals surface area contributed by atoms with Crippen LogP contribution >= 0.6 is 11.8 Å². The number of hydrogen-bond donors (Lipinski definition) is 1. The maximum Gasteiger partial charge on any atom is 0.340 e. The average molecular weight is 443 g/mol. The summed E-state index contributed by atoms with van der Waals surface area (Å²) >= 11 is 1.64. The molecule has 0 saturated heterocycles. The molecule has 0 spiro atoms. The number of fused-ring (bicyclic) bond motifs is 5. The summed E-state index contributed by atoms with van der Waals surface area (Å²) in [6.07, 6.45) is 0.494. The quantitative estimate of drug-likeness (QED) is 0.475. The van der Waals surface area contributed by atoms with Gasteiger partial charge >= 0.3 is 5.97 Å². The van der Waals surface area contributed by atoms with Crippen molar-refractivity contribution in [2.45, 2.75) is 45.8 Å². The van der Waals surface area contributed by atoms with Gasteiger partial charge in [0, 0.05) is 28.3 Å². The zero-order valence-corrected chi connectivity index (χ0v) is 18.6. The summed E-state index contributed by atoms with van der Waals surface area (Å²) in [4.78, 5) is 29.5. The molecule has 2 aromatic heterocycles. The van der Waals surface area contributed by atoms with Crippen molar-refractivity contribution < 1.29 is 19.0 Å². The summed E-state index contributed by atoms with van der Waals surface area (Å²) in [5.41, 5.74) is 4.37. The molecule has 0 saturated carbocycles. The molecule has 5 rings (SSSR count). The second-order valence-corrected chi connectivity index (χ2v) is 8.20. The standard InChI is InChI=1S/C21H17FN2O4S.C2H6/c1-9-3-10-14(8-29-2)12-6-24-17(18(12)23-16(10)5-15(9)22)4-11-13(20(24)26)7-28-21(27)19(11)25;1-2/h3-5,19,25H,6-8H2,1-2H3;1-2H3. The molecule has 1 unspecified atom stereocenters. The second kappa shape index (κ2) is 8.09. The van der Waals surface area contributed by atoms with E-state index in [2.05, 4.69) is 4.98 Å². The molecule has 0 bridgehead atoms. The Hall–Kier alpha value is -2.71. The van der Waals surface area contributed by atoms with E-state index in [1.54, 1.807) is 35.4 Å². The number of thioether (sulfide) groups is 1. The van der Waals surface area contributed by atoms with Crippen molar-refractivity contribution in [2.75, 3.05) is 6.26 Å². The minimum absolute atomic E-state index is 0.155. The smallest absolute Gasteiger partial charge is 0.340 e. The van der Waals surface area contributed by atoms with Gasteiger partial charge in [0.1, 0.15) is 12.4 Å². The van der Waals surface area contributed by atoms with Crippen LogP contribution in [0.1, 0.15) is 47.8 Å². The molecule has 1 atom stereocenters. The van der Waals surface area contributed by atoms with Gasteiger partial charge in [0.2, 0.25) is 0 Å². The monoisotopic (exact) mass is 442 g/mol. The number of rotatable bonds is 2. The molecule has 4 heterocycles. The number of nitrogens with zero attached hydrogens (tertiary/aromatic N) is 2. The summed E-state index contributed by atoms with van der Waals surface area (Å²) in [5.74, 6) is -0.412. The number of aryl methyl sites for hydroxylation is 1. The first-order valence-corrected chi connectivity index (χ1v) is 11.5. The molecule has 162 valence electrons. The molecule has 0 fully saturated rings. The molecule has 0 radical (unpaired) electrons. The van der Waals surface area contributed by atoms with Crippen molar-refractivity contribution in [3.8, 4) is 11.4 Å². The first-order chi connectivity index (χ1) is 14.9. The number of aliphatic hydroxyl groups is 1.